The Labute approximate surface area is 113 Å². The van der Waals surface area contributed by atoms with E-state index in [2.05, 4.69) is 10.3 Å². The third-order valence-corrected chi connectivity index (χ3v) is 3.82. The number of carboxylic acids is 1. The van der Waals surface area contributed by atoms with Gasteiger partial charge in [-0.2, -0.15) is 0 Å². The highest BCUT2D eigenvalue weighted by Gasteiger charge is 2.36. The molecule has 0 saturated carbocycles. The van der Waals surface area contributed by atoms with E-state index in [1.807, 2.05) is 0 Å². The quantitative estimate of drug-likeness (QED) is 0.804. The van der Waals surface area contributed by atoms with Crippen molar-refractivity contribution >= 4 is 29.1 Å². The van der Waals surface area contributed by atoms with Crippen molar-refractivity contribution in [3.63, 3.8) is 0 Å². The summed E-state index contributed by atoms with van der Waals surface area (Å²) < 4.78 is 0. The van der Waals surface area contributed by atoms with Crippen molar-refractivity contribution in [2.75, 3.05) is 13.1 Å². The lowest BCUT2D eigenvalue weighted by Gasteiger charge is -2.34. The topological polar surface area (TPSA) is 99.6 Å². The molecule has 7 nitrogen and oxygen atoms in total. The third kappa shape index (κ3) is 2.73. The maximum absolute atomic E-state index is 12.3. The summed E-state index contributed by atoms with van der Waals surface area (Å²) in [4.78, 5) is 40.6. The number of nitrogens with one attached hydrogen (secondary N) is 1. The molecule has 0 aliphatic carbocycles. The van der Waals surface area contributed by atoms with Gasteiger partial charge in [0.25, 0.3) is 5.91 Å². The van der Waals surface area contributed by atoms with Crippen molar-refractivity contribution in [1.29, 1.82) is 0 Å². The van der Waals surface area contributed by atoms with Crippen molar-refractivity contribution in [2.45, 2.75) is 19.4 Å². The predicted molar refractivity (Wildman–Crippen MR) is 66.9 cm³/mol. The smallest absolute Gasteiger partial charge is 0.305 e. The lowest BCUT2D eigenvalue weighted by molar-refractivity contribution is -0.142. The molecule has 8 heteroatoms. The van der Waals surface area contributed by atoms with E-state index in [1.165, 1.54) is 16.2 Å². The molecule has 1 aromatic rings. The lowest BCUT2D eigenvalue weighted by atomic mass is 10.1. The maximum Gasteiger partial charge on any atom is 0.305 e. The number of carbonyl (C=O) groups is 3. The number of nitrogens with zero attached hydrogens (tertiary/aromatic N) is 2. The fourth-order valence-electron chi connectivity index (χ4n) is 1.96. The highest BCUT2D eigenvalue weighted by atomic mass is 32.1. The summed E-state index contributed by atoms with van der Waals surface area (Å²) >= 11 is 1.19. The number of hydrogen-bond acceptors (Lipinski definition) is 5. The fourth-order valence-corrected chi connectivity index (χ4v) is 2.72. The summed E-state index contributed by atoms with van der Waals surface area (Å²) in [6, 6.07) is -0.958. The van der Waals surface area contributed by atoms with E-state index in [0.29, 0.717) is 23.7 Å². The average Bonchev–Trinajstić information content (AvgIpc) is 2.77. The molecule has 0 spiro atoms. The maximum atomic E-state index is 12.3. The second-order valence-electron chi connectivity index (χ2n) is 4.17. The molecule has 2 rings (SSSR count). The molecule has 1 fully saturated rings. The van der Waals surface area contributed by atoms with E-state index in [0.717, 1.165) is 0 Å². The van der Waals surface area contributed by atoms with Crippen LogP contribution in [-0.4, -0.2) is 51.9 Å². The summed E-state index contributed by atoms with van der Waals surface area (Å²) in [5.41, 5.74) is 2.15. The molecular formula is C11H13N3O4S. The van der Waals surface area contributed by atoms with Crippen molar-refractivity contribution in [2.24, 2.45) is 0 Å². The summed E-state index contributed by atoms with van der Waals surface area (Å²) in [7, 11) is 0. The van der Waals surface area contributed by atoms with Crippen LogP contribution in [0.15, 0.2) is 5.51 Å². The molecule has 1 aliphatic rings. The monoisotopic (exact) mass is 283 g/mol. The minimum atomic E-state index is -1.11. The van der Waals surface area contributed by atoms with Crippen LogP contribution >= 0.6 is 11.3 Å². The van der Waals surface area contributed by atoms with Crippen LogP contribution in [0.3, 0.4) is 0 Å². The zero-order valence-electron chi connectivity index (χ0n) is 10.3. The van der Waals surface area contributed by atoms with E-state index >= 15 is 0 Å². The number of aryl methyl sites for hydroxylation is 1. The van der Waals surface area contributed by atoms with Crippen LogP contribution in [0, 0.1) is 6.92 Å². The molecule has 2 heterocycles. The zero-order chi connectivity index (χ0) is 14.0. The Balaban J connectivity index is 2.25. The largest absolute Gasteiger partial charge is 0.481 e. The number of hydrogen-bond donors (Lipinski definition) is 2. The third-order valence-electron chi connectivity index (χ3n) is 2.90. The van der Waals surface area contributed by atoms with Crippen molar-refractivity contribution in [3.05, 3.63) is 16.1 Å². The number of thiazole rings is 1. The Bertz CT molecular complexity index is 528. The number of carboxylic acid groups (broad SMARTS) is 1. The van der Waals surface area contributed by atoms with Crippen LogP contribution in [0.5, 0.6) is 0 Å². The number of aliphatic carboxylic acids is 1. The summed E-state index contributed by atoms with van der Waals surface area (Å²) in [5, 5.41) is 11.4. The predicted octanol–water partition coefficient (Wildman–Crippen LogP) is -0.133. The molecule has 0 aromatic carbocycles. The van der Waals surface area contributed by atoms with Crippen LogP contribution in [0.2, 0.25) is 0 Å². The zero-order valence-corrected chi connectivity index (χ0v) is 11.1. The average molecular weight is 283 g/mol. The molecule has 2 amide bonds. The molecule has 1 aromatic heterocycles. The van der Waals surface area contributed by atoms with E-state index in [-0.39, 0.29) is 5.91 Å². The SMILES string of the molecule is Cc1ncsc1C(=O)N1CCNC(=O)C1CC(=O)O. The first-order valence-corrected chi connectivity index (χ1v) is 6.59. The van der Waals surface area contributed by atoms with Gasteiger partial charge in [0.1, 0.15) is 10.9 Å². The molecular weight excluding hydrogens is 270 g/mol. The number of piperazine rings is 1. The van der Waals surface area contributed by atoms with Gasteiger partial charge >= 0.3 is 5.97 Å². The summed E-state index contributed by atoms with van der Waals surface area (Å²) in [6.45, 7) is 2.35. The second-order valence-corrected chi connectivity index (χ2v) is 5.02. The van der Waals surface area contributed by atoms with Gasteiger partial charge in [-0.05, 0) is 6.92 Å². The minimum Gasteiger partial charge on any atom is -0.481 e. The minimum absolute atomic E-state index is 0.305. The van der Waals surface area contributed by atoms with Gasteiger partial charge < -0.3 is 15.3 Å². The van der Waals surface area contributed by atoms with Gasteiger partial charge in [0.05, 0.1) is 17.6 Å². The number of rotatable bonds is 3. The Morgan fingerprint density at radius 1 is 1.63 bits per heavy atom. The molecule has 1 unspecified atom stereocenters. The highest BCUT2D eigenvalue weighted by Crippen LogP contribution is 2.19. The van der Waals surface area contributed by atoms with Crippen molar-refractivity contribution in [3.8, 4) is 0 Å². The van der Waals surface area contributed by atoms with Gasteiger partial charge in [0, 0.05) is 13.1 Å². The van der Waals surface area contributed by atoms with Crippen LogP contribution in [-0.2, 0) is 9.59 Å². The summed E-state index contributed by atoms with van der Waals surface area (Å²) in [5.74, 6) is -1.87. The number of amides is 2. The highest BCUT2D eigenvalue weighted by molar-refractivity contribution is 7.11. The summed E-state index contributed by atoms with van der Waals surface area (Å²) in [6.07, 6.45) is -0.393. The molecule has 1 aliphatic heterocycles. The van der Waals surface area contributed by atoms with Crippen LogP contribution in [0.25, 0.3) is 0 Å². The van der Waals surface area contributed by atoms with E-state index in [1.54, 1.807) is 12.4 Å². The van der Waals surface area contributed by atoms with Crippen LogP contribution in [0.1, 0.15) is 21.8 Å². The van der Waals surface area contributed by atoms with Crippen molar-refractivity contribution < 1.29 is 19.5 Å². The van der Waals surface area contributed by atoms with Gasteiger partial charge in [-0.25, -0.2) is 4.98 Å². The normalized spacial score (nSPS) is 19.1. The van der Waals surface area contributed by atoms with Gasteiger partial charge in [-0.1, -0.05) is 0 Å². The number of carbonyl (C=O) groups excluding carboxylic acids is 2. The van der Waals surface area contributed by atoms with E-state index in [9.17, 15) is 14.4 Å². The second kappa shape index (κ2) is 5.35. The Kier molecular flexibility index (Phi) is 3.79. The van der Waals surface area contributed by atoms with Crippen LogP contribution in [0.4, 0.5) is 0 Å². The molecule has 19 heavy (non-hydrogen) atoms. The first-order valence-electron chi connectivity index (χ1n) is 5.71. The van der Waals surface area contributed by atoms with E-state index < -0.39 is 24.3 Å². The molecule has 102 valence electrons. The lowest BCUT2D eigenvalue weighted by Crippen LogP contribution is -2.57. The van der Waals surface area contributed by atoms with E-state index in [4.69, 9.17) is 5.11 Å². The standard InChI is InChI=1S/C11H13N3O4S/c1-6-9(19-5-13-6)11(18)14-3-2-12-10(17)7(14)4-8(15)16/h5,7H,2-4H2,1H3,(H,12,17)(H,15,16). The Morgan fingerprint density at radius 3 is 2.95 bits per heavy atom. The van der Waals surface area contributed by atoms with Gasteiger partial charge in [-0.15, -0.1) is 11.3 Å². The molecule has 1 atom stereocenters. The fraction of sp³-hybridized carbons (Fsp3) is 0.455. The molecule has 0 radical (unpaired) electrons. The molecule has 0 bridgehead atoms. The van der Waals surface area contributed by atoms with Gasteiger partial charge in [-0.3, -0.25) is 14.4 Å². The van der Waals surface area contributed by atoms with Crippen LogP contribution < -0.4 is 5.32 Å². The first-order chi connectivity index (χ1) is 9.00. The van der Waals surface area contributed by atoms with Gasteiger partial charge in [0.2, 0.25) is 5.91 Å². The Hall–Kier alpha value is -1.96. The van der Waals surface area contributed by atoms with Crippen molar-refractivity contribution in [1.82, 2.24) is 15.2 Å². The Morgan fingerprint density at radius 2 is 2.37 bits per heavy atom. The first kappa shape index (κ1) is 13.5. The molecule has 1 saturated heterocycles. The van der Waals surface area contributed by atoms with Gasteiger partial charge in [0.15, 0.2) is 0 Å². The molecule has 2 N–H and O–H groups in total. The number of aromatic nitrogens is 1.